The largest absolute Gasteiger partial charge is 0.496 e. The van der Waals surface area contributed by atoms with Gasteiger partial charge in [-0.3, -0.25) is 14.9 Å². The predicted octanol–water partition coefficient (Wildman–Crippen LogP) is 3.84. The van der Waals surface area contributed by atoms with Crippen molar-refractivity contribution in [2.24, 2.45) is 0 Å². The van der Waals surface area contributed by atoms with Gasteiger partial charge in [-0.25, -0.2) is 4.98 Å². The lowest BCUT2D eigenvalue weighted by atomic mass is 10.0. The SMILES string of the molecule is CCCn1c(NC(=O)Cc2cc(C(C)=O)ccc2OC)nc2ccccc21. The lowest BCUT2D eigenvalue weighted by Crippen LogP contribution is -2.18. The van der Waals surface area contributed by atoms with E-state index < -0.39 is 0 Å². The van der Waals surface area contributed by atoms with Crippen molar-refractivity contribution >= 4 is 28.7 Å². The summed E-state index contributed by atoms with van der Waals surface area (Å²) in [5.74, 6) is 0.854. The first kappa shape index (κ1) is 18.6. The van der Waals surface area contributed by atoms with Gasteiger partial charge in [-0.15, -0.1) is 0 Å². The lowest BCUT2D eigenvalue weighted by Gasteiger charge is -2.11. The number of rotatable bonds is 7. The Hall–Kier alpha value is -3.15. The minimum Gasteiger partial charge on any atom is -0.496 e. The van der Waals surface area contributed by atoms with Gasteiger partial charge in [0.2, 0.25) is 11.9 Å². The number of imidazole rings is 1. The number of aromatic nitrogens is 2. The molecule has 3 aromatic rings. The zero-order valence-corrected chi connectivity index (χ0v) is 15.8. The molecule has 1 N–H and O–H groups in total. The van der Waals surface area contributed by atoms with Crippen LogP contribution in [0.15, 0.2) is 42.5 Å². The number of amides is 1. The van der Waals surface area contributed by atoms with Gasteiger partial charge in [-0.2, -0.15) is 0 Å². The number of methoxy groups -OCH3 is 1. The summed E-state index contributed by atoms with van der Waals surface area (Å²) < 4.78 is 7.34. The molecule has 1 aromatic heterocycles. The molecule has 0 atom stereocenters. The molecule has 6 heteroatoms. The highest BCUT2D eigenvalue weighted by Gasteiger charge is 2.15. The molecule has 0 spiro atoms. The molecule has 0 aliphatic heterocycles. The Morgan fingerprint density at radius 2 is 1.96 bits per heavy atom. The number of carbonyl (C=O) groups excluding carboxylic acids is 2. The number of para-hydroxylation sites is 2. The maximum atomic E-state index is 12.7. The Morgan fingerprint density at radius 3 is 2.67 bits per heavy atom. The molecular formula is C21H23N3O3. The van der Waals surface area contributed by atoms with Crippen LogP contribution in [-0.4, -0.2) is 28.4 Å². The van der Waals surface area contributed by atoms with E-state index in [0.29, 0.717) is 22.8 Å². The summed E-state index contributed by atoms with van der Waals surface area (Å²) in [5.41, 5.74) is 3.06. The van der Waals surface area contributed by atoms with E-state index in [1.807, 2.05) is 28.8 Å². The van der Waals surface area contributed by atoms with Crippen molar-refractivity contribution in [3.05, 3.63) is 53.6 Å². The van der Waals surface area contributed by atoms with Gasteiger partial charge in [-0.1, -0.05) is 19.1 Å². The molecule has 0 fully saturated rings. The Balaban J connectivity index is 1.86. The number of hydrogen-bond donors (Lipinski definition) is 1. The summed E-state index contributed by atoms with van der Waals surface area (Å²) in [6.45, 7) is 4.34. The fraction of sp³-hybridized carbons (Fsp3) is 0.286. The Kier molecular flexibility index (Phi) is 5.54. The van der Waals surface area contributed by atoms with E-state index in [4.69, 9.17) is 4.74 Å². The number of aryl methyl sites for hydroxylation is 1. The van der Waals surface area contributed by atoms with Crippen LogP contribution in [0.25, 0.3) is 11.0 Å². The number of ether oxygens (including phenoxy) is 1. The summed E-state index contributed by atoms with van der Waals surface area (Å²) in [5, 5.41) is 2.91. The Labute approximate surface area is 158 Å². The van der Waals surface area contributed by atoms with E-state index in [1.165, 1.54) is 6.92 Å². The average Bonchev–Trinajstić information content (AvgIpc) is 2.99. The number of hydrogen-bond acceptors (Lipinski definition) is 4. The van der Waals surface area contributed by atoms with E-state index in [-0.39, 0.29) is 18.1 Å². The summed E-state index contributed by atoms with van der Waals surface area (Å²) in [4.78, 5) is 28.8. The molecule has 3 rings (SSSR count). The van der Waals surface area contributed by atoms with Crippen LogP contribution in [0.2, 0.25) is 0 Å². The smallest absolute Gasteiger partial charge is 0.231 e. The maximum absolute atomic E-state index is 12.7. The standard InChI is InChI=1S/C21H23N3O3/c1-4-11-24-18-8-6-5-7-17(18)22-21(24)23-20(26)13-16-12-15(14(2)25)9-10-19(16)27-3/h5-10,12H,4,11,13H2,1-3H3,(H,22,23,26). The second-order valence-corrected chi connectivity index (χ2v) is 6.38. The number of anilines is 1. The molecule has 27 heavy (non-hydrogen) atoms. The summed E-state index contributed by atoms with van der Waals surface area (Å²) >= 11 is 0. The Bertz CT molecular complexity index is 992. The van der Waals surface area contributed by atoms with Gasteiger partial charge >= 0.3 is 0 Å². The second-order valence-electron chi connectivity index (χ2n) is 6.38. The first-order valence-electron chi connectivity index (χ1n) is 8.96. The molecule has 1 amide bonds. The molecule has 0 aliphatic carbocycles. The van der Waals surface area contributed by atoms with Crippen LogP contribution in [0.5, 0.6) is 5.75 Å². The number of Topliss-reactive ketones (excluding diaryl/α,β-unsaturated/α-hetero) is 1. The first-order valence-corrected chi connectivity index (χ1v) is 8.96. The third-order valence-corrected chi connectivity index (χ3v) is 4.39. The van der Waals surface area contributed by atoms with Gasteiger partial charge < -0.3 is 9.30 Å². The van der Waals surface area contributed by atoms with Gasteiger partial charge in [0.1, 0.15) is 5.75 Å². The van der Waals surface area contributed by atoms with Crippen molar-refractivity contribution in [2.75, 3.05) is 12.4 Å². The first-order chi connectivity index (χ1) is 13.0. The zero-order valence-electron chi connectivity index (χ0n) is 15.8. The highest BCUT2D eigenvalue weighted by Crippen LogP contribution is 2.23. The van der Waals surface area contributed by atoms with E-state index in [1.54, 1.807) is 25.3 Å². The van der Waals surface area contributed by atoms with Crippen molar-refractivity contribution in [2.45, 2.75) is 33.2 Å². The van der Waals surface area contributed by atoms with E-state index in [2.05, 4.69) is 17.2 Å². The predicted molar refractivity (Wildman–Crippen MR) is 105 cm³/mol. The monoisotopic (exact) mass is 365 g/mol. The van der Waals surface area contributed by atoms with Crippen LogP contribution < -0.4 is 10.1 Å². The number of fused-ring (bicyclic) bond motifs is 1. The van der Waals surface area contributed by atoms with E-state index in [0.717, 1.165) is 24.0 Å². The van der Waals surface area contributed by atoms with Gasteiger partial charge in [0.05, 0.1) is 24.6 Å². The van der Waals surface area contributed by atoms with Crippen LogP contribution in [0, 0.1) is 0 Å². The molecular weight excluding hydrogens is 342 g/mol. The zero-order chi connectivity index (χ0) is 19.4. The Morgan fingerprint density at radius 1 is 1.19 bits per heavy atom. The normalized spacial score (nSPS) is 10.8. The number of carbonyl (C=O) groups is 2. The summed E-state index contributed by atoms with van der Waals surface area (Å²) in [6, 6.07) is 12.9. The third kappa shape index (κ3) is 4.00. The minimum absolute atomic E-state index is 0.0518. The van der Waals surface area contributed by atoms with Crippen molar-refractivity contribution in [3.8, 4) is 5.75 Å². The second kappa shape index (κ2) is 8.03. The fourth-order valence-corrected chi connectivity index (χ4v) is 3.10. The lowest BCUT2D eigenvalue weighted by molar-refractivity contribution is -0.115. The van der Waals surface area contributed by atoms with Gasteiger partial charge in [0.15, 0.2) is 5.78 Å². The molecule has 0 saturated heterocycles. The molecule has 0 unspecified atom stereocenters. The van der Waals surface area contributed by atoms with Crippen molar-refractivity contribution in [1.29, 1.82) is 0 Å². The van der Waals surface area contributed by atoms with Crippen molar-refractivity contribution in [3.63, 3.8) is 0 Å². The number of nitrogens with zero attached hydrogens (tertiary/aromatic N) is 2. The number of ketones is 1. The topological polar surface area (TPSA) is 73.2 Å². The highest BCUT2D eigenvalue weighted by atomic mass is 16.5. The quantitative estimate of drug-likeness (QED) is 0.646. The summed E-state index contributed by atoms with van der Waals surface area (Å²) in [7, 11) is 1.55. The van der Waals surface area contributed by atoms with E-state index >= 15 is 0 Å². The van der Waals surface area contributed by atoms with Crippen LogP contribution in [0.3, 0.4) is 0 Å². The molecule has 0 saturated carbocycles. The third-order valence-electron chi connectivity index (χ3n) is 4.39. The van der Waals surface area contributed by atoms with E-state index in [9.17, 15) is 9.59 Å². The highest BCUT2D eigenvalue weighted by molar-refractivity contribution is 5.96. The molecule has 140 valence electrons. The molecule has 1 heterocycles. The molecule has 2 aromatic carbocycles. The number of nitrogens with one attached hydrogen (secondary N) is 1. The molecule has 0 bridgehead atoms. The van der Waals surface area contributed by atoms with Crippen LogP contribution in [-0.2, 0) is 17.8 Å². The fourth-order valence-electron chi connectivity index (χ4n) is 3.10. The maximum Gasteiger partial charge on any atom is 0.231 e. The summed E-state index contributed by atoms with van der Waals surface area (Å²) in [6.07, 6.45) is 1.03. The van der Waals surface area contributed by atoms with Crippen molar-refractivity contribution in [1.82, 2.24) is 9.55 Å². The number of benzene rings is 2. The van der Waals surface area contributed by atoms with Gasteiger partial charge in [0, 0.05) is 17.7 Å². The van der Waals surface area contributed by atoms with Gasteiger partial charge in [-0.05, 0) is 43.7 Å². The average molecular weight is 365 g/mol. The van der Waals surface area contributed by atoms with Crippen LogP contribution >= 0.6 is 0 Å². The molecule has 0 radical (unpaired) electrons. The minimum atomic E-state index is -0.207. The van der Waals surface area contributed by atoms with Crippen LogP contribution in [0.1, 0.15) is 36.2 Å². The molecule has 0 aliphatic rings. The van der Waals surface area contributed by atoms with Gasteiger partial charge in [0.25, 0.3) is 0 Å². The van der Waals surface area contributed by atoms with Crippen LogP contribution in [0.4, 0.5) is 5.95 Å². The van der Waals surface area contributed by atoms with Crippen molar-refractivity contribution < 1.29 is 14.3 Å². The molecule has 6 nitrogen and oxygen atoms in total.